The Kier molecular flexibility index (Phi) is 4.24. The molecule has 0 spiro atoms. The first kappa shape index (κ1) is 15.4. The number of rotatable bonds is 4. The molecule has 0 aromatic heterocycles. The second-order valence-corrected chi connectivity index (χ2v) is 5.42. The van der Waals surface area contributed by atoms with Crippen LogP contribution in [-0.2, 0) is 9.53 Å². The summed E-state index contributed by atoms with van der Waals surface area (Å²) >= 11 is 3.01. The average molecular weight is 359 g/mol. The molecule has 9 heteroatoms. The van der Waals surface area contributed by atoms with Crippen LogP contribution in [-0.4, -0.2) is 40.7 Å². The van der Waals surface area contributed by atoms with E-state index in [2.05, 4.69) is 21.2 Å². The fraction of sp³-hybridized carbons (Fsp3) is 0.333. The molecule has 2 rings (SSSR count). The Morgan fingerprint density at radius 3 is 2.71 bits per heavy atom. The van der Waals surface area contributed by atoms with Crippen LogP contribution in [0.25, 0.3) is 0 Å². The second-order valence-electron chi connectivity index (χ2n) is 4.57. The van der Waals surface area contributed by atoms with Crippen LogP contribution in [0.1, 0.15) is 16.8 Å². The molecule has 1 fully saturated rings. The molecule has 0 bridgehead atoms. The number of carbonyl (C=O) groups excluding carboxylic acids is 1. The summed E-state index contributed by atoms with van der Waals surface area (Å²) < 4.78 is 5.27. The predicted molar refractivity (Wildman–Crippen MR) is 74.1 cm³/mol. The number of nitrogens with one attached hydrogen (secondary N) is 1. The van der Waals surface area contributed by atoms with Gasteiger partial charge in [0.25, 0.3) is 11.6 Å². The van der Waals surface area contributed by atoms with Crippen molar-refractivity contribution in [2.45, 2.75) is 12.0 Å². The lowest BCUT2D eigenvalue weighted by Gasteiger charge is -2.23. The maximum atomic E-state index is 12.1. The SMILES string of the molecule is O=C(NC1(C(=O)O)CCOC1)c1ccc(Br)c([N+](=O)[O-])c1. The fourth-order valence-electron chi connectivity index (χ4n) is 1.97. The number of nitro groups is 1. The van der Waals surface area contributed by atoms with E-state index in [-0.39, 0.29) is 35.4 Å². The molecule has 1 unspecified atom stereocenters. The molecule has 0 saturated carbocycles. The Hall–Kier alpha value is -2.00. The number of nitrogens with zero attached hydrogens (tertiary/aromatic N) is 1. The first-order valence-electron chi connectivity index (χ1n) is 5.93. The molecule has 1 aromatic carbocycles. The molecule has 1 aromatic rings. The van der Waals surface area contributed by atoms with E-state index in [1.54, 1.807) is 0 Å². The van der Waals surface area contributed by atoms with Crippen LogP contribution < -0.4 is 5.32 Å². The Labute approximate surface area is 127 Å². The van der Waals surface area contributed by atoms with Gasteiger partial charge in [-0.25, -0.2) is 4.79 Å². The lowest BCUT2D eigenvalue weighted by Crippen LogP contribution is -2.55. The Morgan fingerprint density at radius 1 is 1.48 bits per heavy atom. The molecule has 0 radical (unpaired) electrons. The van der Waals surface area contributed by atoms with Gasteiger partial charge in [0.05, 0.1) is 16.0 Å². The standard InChI is InChI=1S/C12H11BrN2O6/c13-8-2-1-7(5-9(8)15(19)20)10(16)14-12(11(17)18)3-4-21-6-12/h1-2,5H,3-4,6H2,(H,14,16)(H,17,18). The summed E-state index contributed by atoms with van der Waals surface area (Å²) in [5.74, 6) is -1.89. The fourth-order valence-corrected chi connectivity index (χ4v) is 2.36. The maximum Gasteiger partial charge on any atom is 0.331 e. The van der Waals surface area contributed by atoms with Crippen molar-refractivity contribution in [2.75, 3.05) is 13.2 Å². The van der Waals surface area contributed by atoms with Crippen molar-refractivity contribution in [1.29, 1.82) is 0 Å². The van der Waals surface area contributed by atoms with E-state index < -0.39 is 22.3 Å². The smallest absolute Gasteiger partial charge is 0.331 e. The van der Waals surface area contributed by atoms with Crippen molar-refractivity contribution in [3.8, 4) is 0 Å². The van der Waals surface area contributed by atoms with Crippen molar-refractivity contribution < 1.29 is 24.4 Å². The molecular formula is C12H11BrN2O6. The van der Waals surface area contributed by atoms with Gasteiger partial charge < -0.3 is 15.2 Å². The van der Waals surface area contributed by atoms with E-state index in [0.29, 0.717) is 0 Å². The summed E-state index contributed by atoms with van der Waals surface area (Å²) in [7, 11) is 0. The van der Waals surface area contributed by atoms with Crippen molar-refractivity contribution in [3.05, 3.63) is 38.3 Å². The summed E-state index contributed by atoms with van der Waals surface area (Å²) in [4.78, 5) is 33.6. The van der Waals surface area contributed by atoms with Gasteiger partial charge in [0, 0.05) is 24.7 Å². The highest BCUT2D eigenvalue weighted by molar-refractivity contribution is 9.10. The maximum absolute atomic E-state index is 12.1. The monoisotopic (exact) mass is 358 g/mol. The lowest BCUT2D eigenvalue weighted by molar-refractivity contribution is -0.385. The molecule has 1 aliphatic rings. The van der Waals surface area contributed by atoms with Crippen molar-refractivity contribution in [2.24, 2.45) is 0 Å². The number of amides is 1. The first-order chi connectivity index (χ1) is 9.85. The van der Waals surface area contributed by atoms with E-state index in [4.69, 9.17) is 4.74 Å². The Bertz CT molecular complexity index is 612. The molecule has 2 N–H and O–H groups in total. The zero-order chi connectivity index (χ0) is 15.6. The van der Waals surface area contributed by atoms with Crippen LogP contribution >= 0.6 is 15.9 Å². The number of aliphatic carboxylic acids is 1. The van der Waals surface area contributed by atoms with Gasteiger partial charge in [0.15, 0.2) is 5.54 Å². The normalized spacial score (nSPS) is 21.0. The minimum Gasteiger partial charge on any atom is -0.479 e. The first-order valence-corrected chi connectivity index (χ1v) is 6.73. The van der Waals surface area contributed by atoms with Crippen LogP contribution in [0.3, 0.4) is 0 Å². The van der Waals surface area contributed by atoms with Gasteiger partial charge in [-0.3, -0.25) is 14.9 Å². The zero-order valence-electron chi connectivity index (χ0n) is 10.7. The molecule has 1 aliphatic heterocycles. The summed E-state index contributed by atoms with van der Waals surface area (Å²) in [6.07, 6.45) is 0.146. The molecule has 1 saturated heterocycles. The highest BCUT2D eigenvalue weighted by Crippen LogP contribution is 2.26. The van der Waals surface area contributed by atoms with Gasteiger partial charge in [-0.05, 0) is 28.1 Å². The number of benzene rings is 1. The lowest BCUT2D eigenvalue weighted by atomic mass is 9.98. The third-order valence-corrected chi connectivity index (χ3v) is 3.86. The molecule has 1 atom stereocenters. The third kappa shape index (κ3) is 3.03. The molecule has 8 nitrogen and oxygen atoms in total. The van der Waals surface area contributed by atoms with E-state index in [1.807, 2.05) is 0 Å². The number of halogens is 1. The van der Waals surface area contributed by atoms with Crippen molar-refractivity contribution in [3.63, 3.8) is 0 Å². The predicted octanol–water partition coefficient (Wildman–Crippen LogP) is 1.33. The zero-order valence-corrected chi connectivity index (χ0v) is 12.3. The summed E-state index contributed by atoms with van der Waals surface area (Å²) in [6.45, 7) is 0.0970. The van der Waals surface area contributed by atoms with E-state index in [9.17, 15) is 24.8 Å². The van der Waals surface area contributed by atoms with Gasteiger partial charge >= 0.3 is 5.97 Å². The van der Waals surface area contributed by atoms with Gasteiger partial charge in [-0.2, -0.15) is 0 Å². The number of carboxylic acids is 1. The van der Waals surface area contributed by atoms with E-state index in [1.165, 1.54) is 12.1 Å². The number of nitro benzene ring substituents is 1. The number of hydrogen-bond acceptors (Lipinski definition) is 5. The molecule has 0 aliphatic carbocycles. The minimum atomic E-state index is -1.49. The van der Waals surface area contributed by atoms with Crippen molar-refractivity contribution in [1.82, 2.24) is 5.32 Å². The second kappa shape index (κ2) is 5.78. The van der Waals surface area contributed by atoms with Crippen LogP contribution in [0.2, 0.25) is 0 Å². The Balaban J connectivity index is 2.26. The summed E-state index contributed by atoms with van der Waals surface area (Å²) in [6, 6.07) is 3.83. The summed E-state index contributed by atoms with van der Waals surface area (Å²) in [5, 5.41) is 22.5. The number of ether oxygens (including phenoxy) is 1. The minimum absolute atomic E-state index is 0.0115. The number of hydrogen-bond donors (Lipinski definition) is 2. The summed E-state index contributed by atoms with van der Waals surface area (Å²) in [5.41, 5.74) is -1.74. The van der Waals surface area contributed by atoms with Crippen LogP contribution in [0.15, 0.2) is 22.7 Å². The van der Waals surface area contributed by atoms with E-state index in [0.717, 1.165) is 6.07 Å². The van der Waals surface area contributed by atoms with E-state index >= 15 is 0 Å². The van der Waals surface area contributed by atoms with Crippen LogP contribution in [0, 0.1) is 10.1 Å². The van der Waals surface area contributed by atoms with Crippen LogP contribution in [0.5, 0.6) is 0 Å². The molecule has 112 valence electrons. The van der Waals surface area contributed by atoms with Gasteiger partial charge in [0.1, 0.15) is 0 Å². The third-order valence-electron chi connectivity index (χ3n) is 3.19. The number of carbonyl (C=O) groups is 2. The van der Waals surface area contributed by atoms with Gasteiger partial charge in [0.2, 0.25) is 0 Å². The largest absolute Gasteiger partial charge is 0.479 e. The topological polar surface area (TPSA) is 119 Å². The molecule has 21 heavy (non-hydrogen) atoms. The Morgan fingerprint density at radius 2 is 2.19 bits per heavy atom. The van der Waals surface area contributed by atoms with Crippen molar-refractivity contribution >= 4 is 33.5 Å². The average Bonchev–Trinajstić information content (AvgIpc) is 2.88. The van der Waals surface area contributed by atoms with Gasteiger partial charge in [-0.15, -0.1) is 0 Å². The number of carboxylic acid groups (broad SMARTS) is 1. The molecular weight excluding hydrogens is 348 g/mol. The molecule has 1 heterocycles. The quantitative estimate of drug-likeness (QED) is 0.618. The highest BCUT2D eigenvalue weighted by atomic mass is 79.9. The highest BCUT2D eigenvalue weighted by Gasteiger charge is 2.44. The molecule has 1 amide bonds. The van der Waals surface area contributed by atoms with Gasteiger partial charge in [-0.1, -0.05) is 0 Å². The van der Waals surface area contributed by atoms with Crippen LogP contribution in [0.4, 0.5) is 5.69 Å².